The molecule has 0 aliphatic rings. The van der Waals surface area contributed by atoms with Gasteiger partial charge in [-0.25, -0.2) is 0 Å². The molecule has 0 bridgehead atoms. The molecule has 1 N–H and O–H groups in total. The summed E-state index contributed by atoms with van der Waals surface area (Å²) in [6.07, 6.45) is 0. The number of aromatic nitrogens is 2. The summed E-state index contributed by atoms with van der Waals surface area (Å²) < 4.78 is 1.97. The highest BCUT2D eigenvalue weighted by molar-refractivity contribution is 7.98. The fourth-order valence-electron chi connectivity index (χ4n) is 2.07. The molecule has 3 nitrogen and oxygen atoms in total. The van der Waals surface area contributed by atoms with Crippen LogP contribution in [0, 0.1) is 6.92 Å². The van der Waals surface area contributed by atoms with Gasteiger partial charge in [0.15, 0.2) is 0 Å². The Morgan fingerprint density at radius 1 is 1.24 bits per heavy atom. The van der Waals surface area contributed by atoms with Gasteiger partial charge < -0.3 is 5.32 Å². The van der Waals surface area contributed by atoms with E-state index in [1.54, 1.807) is 0 Å². The van der Waals surface area contributed by atoms with E-state index in [9.17, 15) is 0 Å². The number of aryl methyl sites for hydroxylation is 2. The van der Waals surface area contributed by atoms with Crippen LogP contribution in [0.4, 0.5) is 0 Å². The van der Waals surface area contributed by atoms with Crippen molar-refractivity contribution >= 4 is 11.8 Å². The van der Waals surface area contributed by atoms with Gasteiger partial charge in [-0.3, -0.25) is 4.68 Å². The predicted molar refractivity (Wildman–Crippen MR) is 90.5 cm³/mol. The summed E-state index contributed by atoms with van der Waals surface area (Å²) in [5, 5.41) is 7.92. The minimum atomic E-state index is 0.148. The van der Waals surface area contributed by atoms with Crippen LogP contribution in [0.2, 0.25) is 0 Å². The van der Waals surface area contributed by atoms with Gasteiger partial charge in [-0.15, -0.1) is 11.8 Å². The number of rotatable bonds is 5. The second kappa shape index (κ2) is 6.67. The van der Waals surface area contributed by atoms with Crippen LogP contribution in [0.5, 0.6) is 0 Å². The standard InChI is InChI=1S/C17H25N3S/c1-13-9-15(20(5)19-13)12-21-16-8-6-7-14(10-16)11-18-17(2,3)4/h6-10,18H,11-12H2,1-5H3. The Kier molecular flexibility index (Phi) is 5.12. The molecule has 0 radical (unpaired) electrons. The molecule has 4 heteroatoms. The molecule has 0 saturated heterocycles. The molecule has 1 aromatic heterocycles. The average Bonchev–Trinajstić information content (AvgIpc) is 2.72. The first-order chi connectivity index (χ1) is 9.83. The molecule has 21 heavy (non-hydrogen) atoms. The topological polar surface area (TPSA) is 29.9 Å². The second-order valence-corrected chi connectivity index (χ2v) is 7.49. The highest BCUT2D eigenvalue weighted by Gasteiger charge is 2.09. The first kappa shape index (κ1) is 16.1. The molecule has 2 aromatic rings. The zero-order valence-electron chi connectivity index (χ0n) is 13.6. The molecule has 0 aliphatic heterocycles. The maximum absolute atomic E-state index is 4.39. The fraction of sp³-hybridized carbons (Fsp3) is 0.471. The maximum Gasteiger partial charge on any atom is 0.0596 e. The van der Waals surface area contributed by atoms with Gasteiger partial charge >= 0.3 is 0 Å². The van der Waals surface area contributed by atoms with Crippen LogP contribution in [0.15, 0.2) is 35.2 Å². The summed E-state index contributed by atoms with van der Waals surface area (Å²) in [6, 6.07) is 10.9. The van der Waals surface area contributed by atoms with Crippen LogP contribution in [-0.4, -0.2) is 15.3 Å². The number of nitrogens with zero attached hydrogens (tertiary/aromatic N) is 2. The highest BCUT2D eigenvalue weighted by Crippen LogP contribution is 2.24. The summed E-state index contributed by atoms with van der Waals surface area (Å²) in [4.78, 5) is 1.31. The Hall–Kier alpha value is -1.26. The molecular formula is C17H25N3S. The molecule has 0 spiro atoms. The van der Waals surface area contributed by atoms with Gasteiger partial charge in [0.1, 0.15) is 0 Å². The van der Waals surface area contributed by atoms with Gasteiger partial charge in [0, 0.05) is 35.5 Å². The molecule has 1 aromatic carbocycles. The van der Waals surface area contributed by atoms with Crippen LogP contribution in [0.3, 0.4) is 0 Å². The van der Waals surface area contributed by atoms with E-state index in [-0.39, 0.29) is 5.54 Å². The Balaban J connectivity index is 1.96. The monoisotopic (exact) mass is 303 g/mol. The molecule has 1 heterocycles. The van der Waals surface area contributed by atoms with Crippen LogP contribution in [0.1, 0.15) is 37.7 Å². The summed E-state index contributed by atoms with van der Waals surface area (Å²) >= 11 is 1.86. The lowest BCUT2D eigenvalue weighted by atomic mass is 10.1. The van der Waals surface area contributed by atoms with Crippen molar-refractivity contribution in [2.45, 2.75) is 50.4 Å². The molecule has 0 atom stereocenters. The second-order valence-electron chi connectivity index (χ2n) is 6.44. The largest absolute Gasteiger partial charge is 0.308 e. The quantitative estimate of drug-likeness (QED) is 0.849. The van der Waals surface area contributed by atoms with Crippen molar-refractivity contribution in [3.8, 4) is 0 Å². The molecule has 0 aliphatic carbocycles. The summed E-state index contributed by atoms with van der Waals surface area (Å²) in [7, 11) is 2.01. The van der Waals surface area contributed by atoms with E-state index < -0.39 is 0 Å². The minimum absolute atomic E-state index is 0.148. The lowest BCUT2D eigenvalue weighted by Gasteiger charge is -2.20. The normalized spacial score (nSPS) is 11.9. The lowest BCUT2D eigenvalue weighted by molar-refractivity contribution is 0.424. The molecule has 0 unspecified atom stereocenters. The van der Waals surface area contributed by atoms with Crippen molar-refractivity contribution in [1.82, 2.24) is 15.1 Å². The predicted octanol–water partition coefficient (Wildman–Crippen LogP) is 3.91. The van der Waals surface area contributed by atoms with E-state index in [0.717, 1.165) is 18.0 Å². The number of nitrogens with one attached hydrogen (secondary N) is 1. The average molecular weight is 303 g/mol. The first-order valence-corrected chi connectivity index (χ1v) is 8.28. The summed E-state index contributed by atoms with van der Waals surface area (Å²) in [5.41, 5.74) is 3.82. The number of thioether (sulfide) groups is 1. The Morgan fingerprint density at radius 2 is 2.00 bits per heavy atom. The van der Waals surface area contributed by atoms with E-state index in [2.05, 4.69) is 61.5 Å². The Bertz CT molecular complexity index is 596. The molecular weight excluding hydrogens is 278 g/mol. The zero-order chi connectivity index (χ0) is 15.5. The third-order valence-corrected chi connectivity index (χ3v) is 4.23. The van der Waals surface area contributed by atoms with Crippen molar-refractivity contribution in [2.75, 3.05) is 0 Å². The summed E-state index contributed by atoms with van der Waals surface area (Å²) in [6.45, 7) is 9.51. The fourth-order valence-corrected chi connectivity index (χ4v) is 3.06. The van der Waals surface area contributed by atoms with Crippen LogP contribution >= 0.6 is 11.8 Å². The molecule has 0 amide bonds. The zero-order valence-corrected chi connectivity index (χ0v) is 14.4. The van der Waals surface area contributed by atoms with Crippen molar-refractivity contribution in [3.63, 3.8) is 0 Å². The van der Waals surface area contributed by atoms with E-state index in [0.29, 0.717) is 0 Å². The lowest BCUT2D eigenvalue weighted by Crippen LogP contribution is -2.35. The van der Waals surface area contributed by atoms with Crippen LogP contribution in [0.25, 0.3) is 0 Å². The number of hydrogen-bond acceptors (Lipinski definition) is 3. The summed E-state index contributed by atoms with van der Waals surface area (Å²) in [5.74, 6) is 0.952. The Labute approximate surface area is 132 Å². The minimum Gasteiger partial charge on any atom is -0.308 e. The van der Waals surface area contributed by atoms with Crippen molar-refractivity contribution in [3.05, 3.63) is 47.3 Å². The van der Waals surface area contributed by atoms with Gasteiger partial charge in [-0.1, -0.05) is 12.1 Å². The molecule has 0 fully saturated rings. The van der Waals surface area contributed by atoms with E-state index in [1.165, 1.54) is 16.2 Å². The van der Waals surface area contributed by atoms with Crippen molar-refractivity contribution < 1.29 is 0 Å². The van der Waals surface area contributed by atoms with Crippen LogP contribution < -0.4 is 5.32 Å². The highest BCUT2D eigenvalue weighted by atomic mass is 32.2. The first-order valence-electron chi connectivity index (χ1n) is 7.30. The smallest absolute Gasteiger partial charge is 0.0596 e. The van der Waals surface area contributed by atoms with Gasteiger partial charge in [0.25, 0.3) is 0 Å². The van der Waals surface area contributed by atoms with Gasteiger partial charge in [-0.2, -0.15) is 5.10 Å². The third kappa shape index (κ3) is 5.21. The maximum atomic E-state index is 4.39. The molecule has 114 valence electrons. The SMILES string of the molecule is Cc1cc(CSc2cccc(CNC(C)(C)C)c2)n(C)n1. The van der Waals surface area contributed by atoms with Crippen molar-refractivity contribution in [1.29, 1.82) is 0 Å². The third-order valence-electron chi connectivity index (χ3n) is 3.21. The van der Waals surface area contributed by atoms with Gasteiger partial charge in [-0.05, 0) is 51.5 Å². The molecule has 0 saturated carbocycles. The Morgan fingerprint density at radius 3 is 2.62 bits per heavy atom. The van der Waals surface area contributed by atoms with Crippen molar-refractivity contribution in [2.24, 2.45) is 7.05 Å². The van der Waals surface area contributed by atoms with E-state index >= 15 is 0 Å². The number of benzene rings is 1. The van der Waals surface area contributed by atoms with E-state index in [4.69, 9.17) is 0 Å². The van der Waals surface area contributed by atoms with Gasteiger partial charge in [0.2, 0.25) is 0 Å². The van der Waals surface area contributed by atoms with Gasteiger partial charge in [0.05, 0.1) is 5.69 Å². The number of hydrogen-bond donors (Lipinski definition) is 1. The molecule has 2 rings (SSSR count). The van der Waals surface area contributed by atoms with Crippen LogP contribution in [-0.2, 0) is 19.3 Å². The van der Waals surface area contributed by atoms with E-state index in [1.807, 2.05) is 30.4 Å².